The molecule has 0 rings (SSSR count). The first kappa shape index (κ1) is 17.9. The number of carbonyl (C=O) groups is 2. The Balaban J connectivity index is 4.63. The Kier molecular flexibility index (Phi) is 9.16. The predicted molar refractivity (Wildman–Crippen MR) is 72.5 cm³/mol. The molecular weight excluding hydrogens is 248 g/mol. The number of carbonyl (C=O) groups excluding carboxylic acids is 2. The number of nitrogens with two attached hydrogens (primary N) is 1. The van der Waals surface area contributed by atoms with Gasteiger partial charge in [-0.1, -0.05) is 20.3 Å². The minimum Gasteiger partial charge on any atom is -0.465 e. The lowest BCUT2D eigenvalue weighted by Gasteiger charge is -2.27. The van der Waals surface area contributed by atoms with E-state index >= 15 is 0 Å². The number of hydrogen-bond donors (Lipinski definition) is 1. The molecule has 0 radical (unpaired) electrons. The zero-order chi connectivity index (χ0) is 14.8. The minimum absolute atomic E-state index is 0.0692. The molecule has 0 aromatic carbocycles. The molecule has 112 valence electrons. The van der Waals surface area contributed by atoms with Crippen LogP contribution in [0, 0.1) is 5.92 Å². The minimum atomic E-state index is -0.601. The van der Waals surface area contributed by atoms with Gasteiger partial charge >= 0.3 is 5.97 Å². The summed E-state index contributed by atoms with van der Waals surface area (Å²) >= 11 is 0. The molecule has 1 amide bonds. The Bertz CT molecular complexity index is 284. The predicted octanol–water partition coefficient (Wildman–Crippen LogP) is 0.398. The lowest BCUT2D eigenvalue weighted by Crippen LogP contribution is -2.49. The highest BCUT2D eigenvalue weighted by Crippen LogP contribution is 2.08. The molecule has 0 aromatic heterocycles. The number of nitrogens with zero attached hydrogens (tertiary/aromatic N) is 1. The van der Waals surface area contributed by atoms with Crippen molar-refractivity contribution in [2.24, 2.45) is 11.7 Å². The van der Waals surface area contributed by atoms with Gasteiger partial charge in [-0.15, -0.1) is 0 Å². The van der Waals surface area contributed by atoms with Crippen LogP contribution in [0.25, 0.3) is 0 Å². The van der Waals surface area contributed by atoms with Crippen LogP contribution >= 0.6 is 0 Å². The van der Waals surface area contributed by atoms with Gasteiger partial charge in [0.25, 0.3) is 0 Å². The quantitative estimate of drug-likeness (QED) is 0.615. The van der Waals surface area contributed by atoms with E-state index in [1.54, 1.807) is 14.0 Å². The zero-order valence-corrected chi connectivity index (χ0v) is 12.3. The maximum Gasteiger partial charge on any atom is 0.325 e. The lowest BCUT2D eigenvalue weighted by molar-refractivity contribution is -0.150. The van der Waals surface area contributed by atoms with E-state index in [0.29, 0.717) is 19.8 Å². The first-order chi connectivity index (χ1) is 8.97. The van der Waals surface area contributed by atoms with E-state index < -0.39 is 12.0 Å². The fourth-order valence-electron chi connectivity index (χ4n) is 1.54. The van der Waals surface area contributed by atoms with Gasteiger partial charge in [0.15, 0.2) is 0 Å². The molecule has 2 N–H and O–H groups in total. The molecule has 19 heavy (non-hydrogen) atoms. The van der Waals surface area contributed by atoms with Crippen LogP contribution in [0.3, 0.4) is 0 Å². The van der Waals surface area contributed by atoms with E-state index in [1.807, 2.05) is 13.8 Å². The number of ether oxygens (including phenoxy) is 2. The number of rotatable bonds is 9. The van der Waals surface area contributed by atoms with Crippen molar-refractivity contribution in [1.29, 1.82) is 0 Å². The van der Waals surface area contributed by atoms with Crippen molar-refractivity contribution in [2.45, 2.75) is 33.2 Å². The van der Waals surface area contributed by atoms with Crippen molar-refractivity contribution in [3.63, 3.8) is 0 Å². The number of amides is 1. The largest absolute Gasteiger partial charge is 0.465 e. The third-order valence-corrected chi connectivity index (χ3v) is 3.04. The van der Waals surface area contributed by atoms with Crippen molar-refractivity contribution >= 4 is 11.9 Å². The van der Waals surface area contributed by atoms with Crippen LogP contribution in [0.2, 0.25) is 0 Å². The van der Waals surface area contributed by atoms with Crippen molar-refractivity contribution in [2.75, 3.05) is 33.4 Å². The summed E-state index contributed by atoms with van der Waals surface area (Å²) in [7, 11) is 1.54. The Morgan fingerprint density at radius 1 is 1.32 bits per heavy atom. The van der Waals surface area contributed by atoms with Crippen molar-refractivity contribution in [3.8, 4) is 0 Å². The first-order valence-electron chi connectivity index (χ1n) is 6.66. The molecule has 2 unspecified atom stereocenters. The average molecular weight is 274 g/mol. The van der Waals surface area contributed by atoms with Gasteiger partial charge in [0.2, 0.25) is 5.91 Å². The molecule has 0 bridgehead atoms. The Morgan fingerprint density at radius 2 is 1.95 bits per heavy atom. The Labute approximate surface area is 115 Å². The summed E-state index contributed by atoms with van der Waals surface area (Å²) in [5, 5.41) is 0. The summed E-state index contributed by atoms with van der Waals surface area (Å²) in [5.41, 5.74) is 5.91. The summed E-state index contributed by atoms with van der Waals surface area (Å²) < 4.78 is 9.80. The number of hydrogen-bond acceptors (Lipinski definition) is 5. The molecule has 0 heterocycles. The van der Waals surface area contributed by atoms with Crippen LogP contribution < -0.4 is 5.73 Å². The highest BCUT2D eigenvalue weighted by Gasteiger charge is 2.26. The van der Waals surface area contributed by atoms with Gasteiger partial charge in [-0.05, 0) is 12.8 Å². The van der Waals surface area contributed by atoms with Gasteiger partial charge < -0.3 is 20.1 Å². The number of esters is 1. The molecule has 0 fully saturated rings. The monoisotopic (exact) mass is 274 g/mol. The second-order valence-electron chi connectivity index (χ2n) is 4.47. The van der Waals surface area contributed by atoms with Crippen LogP contribution in [-0.2, 0) is 19.1 Å². The van der Waals surface area contributed by atoms with Gasteiger partial charge in [-0.2, -0.15) is 0 Å². The SMILES string of the molecule is CCOC(=O)CN(CCOC)C(=O)C(N)C(C)CC. The highest BCUT2D eigenvalue weighted by atomic mass is 16.5. The number of methoxy groups -OCH3 is 1. The topological polar surface area (TPSA) is 81.9 Å². The summed E-state index contributed by atoms with van der Waals surface area (Å²) in [6, 6.07) is -0.601. The first-order valence-corrected chi connectivity index (χ1v) is 6.66. The maximum atomic E-state index is 12.2. The fraction of sp³-hybridized carbons (Fsp3) is 0.846. The summed E-state index contributed by atoms with van der Waals surface area (Å²) in [5.74, 6) is -0.595. The molecule has 0 aliphatic carbocycles. The van der Waals surface area contributed by atoms with Crippen molar-refractivity contribution in [1.82, 2.24) is 4.90 Å². The fourth-order valence-corrected chi connectivity index (χ4v) is 1.54. The molecule has 0 saturated heterocycles. The zero-order valence-electron chi connectivity index (χ0n) is 12.3. The Hall–Kier alpha value is -1.14. The maximum absolute atomic E-state index is 12.2. The van der Waals surface area contributed by atoms with Gasteiger partial charge in [-0.3, -0.25) is 9.59 Å². The molecule has 0 spiro atoms. The molecule has 0 aromatic rings. The van der Waals surface area contributed by atoms with Gasteiger partial charge in [0.1, 0.15) is 6.54 Å². The van der Waals surface area contributed by atoms with Crippen LogP contribution in [0.15, 0.2) is 0 Å². The smallest absolute Gasteiger partial charge is 0.325 e. The van der Waals surface area contributed by atoms with Crippen LogP contribution in [0.1, 0.15) is 27.2 Å². The standard InChI is InChI=1S/C13H26N2O4/c1-5-10(3)12(14)13(17)15(7-8-18-4)9-11(16)19-6-2/h10,12H,5-9,14H2,1-4H3. The molecule has 6 nitrogen and oxygen atoms in total. The third-order valence-electron chi connectivity index (χ3n) is 3.04. The van der Waals surface area contributed by atoms with Gasteiger partial charge in [-0.25, -0.2) is 0 Å². The van der Waals surface area contributed by atoms with E-state index in [1.165, 1.54) is 4.90 Å². The van der Waals surface area contributed by atoms with Crippen LogP contribution in [0.5, 0.6) is 0 Å². The van der Waals surface area contributed by atoms with E-state index in [2.05, 4.69) is 0 Å². The van der Waals surface area contributed by atoms with E-state index in [0.717, 1.165) is 6.42 Å². The van der Waals surface area contributed by atoms with E-state index in [-0.39, 0.29) is 18.4 Å². The lowest BCUT2D eigenvalue weighted by atomic mass is 9.99. The van der Waals surface area contributed by atoms with Crippen molar-refractivity contribution < 1.29 is 19.1 Å². The van der Waals surface area contributed by atoms with Crippen LogP contribution in [0.4, 0.5) is 0 Å². The molecule has 0 aliphatic rings. The van der Waals surface area contributed by atoms with Crippen LogP contribution in [-0.4, -0.2) is 56.2 Å². The van der Waals surface area contributed by atoms with Gasteiger partial charge in [0.05, 0.1) is 19.3 Å². The highest BCUT2D eigenvalue weighted by molar-refractivity contribution is 5.85. The summed E-state index contributed by atoms with van der Waals surface area (Å²) in [6.45, 7) is 6.52. The molecule has 6 heteroatoms. The second kappa shape index (κ2) is 9.75. The van der Waals surface area contributed by atoms with E-state index in [9.17, 15) is 9.59 Å². The summed E-state index contributed by atoms with van der Waals surface area (Å²) in [4.78, 5) is 25.1. The molecular formula is C13H26N2O4. The average Bonchev–Trinajstić information content (AvgIpc) is 2.41. The Morgan fingerprint density at radius 3 is 2.42 bits per heavy atom. The van der Waals surface area contributed by atoms with Gasteiger partial charge in [0, 0.05) is 13.7 Å². The van der Waals surface area contributed by atoms with E-state index in [4.69, 9.17) is 15.2 Å². The molecule has 2 atom stereocenters. The third kappa shape index (κ3) is 6.54. The van der Waals surface area contributed by atoms with Crippen molar-refractivity contribution in [3.05, 3.63) is 0 Å². The molecule has 0 saturated carbocycles. The molecule has 0 aliphatic heterocycles. The summed E-state index contributed by atoms with van der Waals surface area (Å²) in [6.07, 6.45) is 0.810. The normalized spacial score (nSPS) is 13.7. The second-order valence-corrected chi connectivity index (χ2v) is 4.47.